The summed E-state index contributed by atoms with van der Waals surface area (Å²) in [6.45, 7) is 7.09. The highest BCUT2D eigenvalue weighted by Gasteiger charge is 2.24. The number of carbonyl (C=O) groups is 2. The van der Waals surface area contributed by atoms with Crippen LogP contribution < -0.4 is 14.8 Å². The first kappa shape index (κ1) is 29.4. The maximum Gasteiger partial charge on any atom is 0.328 e. The van der Waals surface area contributed by atoms with Gasteiger partial charge in [-0.05, 0) is 51.9 Å². The SMILES string of the molecule is COC(=O)[C@@H](Cc1ccc(OCc2ccccc2)c(OCc2ccccc2)c1)NC(=O)c1ccc(C(C)(C)C)cc1. The Hall–Kier alpha value is -4.58. The largest absolute Gasteiger partial charge is 0.485 e. The summed E-state index contributed by atoms with van der Waals surface area (Å²) in [5, 5.41) is 2.84. The van der Waals surface area contributed by atoms with Gasteiger partial charge in [0.1, 0.15) is 19.3 Å². The predicted molar refractivity (Wildman–Crippen MR) is 160 cm³/mol. The number of hydrogen-bond acceptors (Lipinski definition) is 5. The van der Waals surface area contributed by atoms with Crippen molar-refractivity contribution in [2.24, 2.45) is 0 Å². The van der Waals surface area contributed by atoms with Crippen LogP contribution >= 0.6 is 0 Å². The quantitative estimate of drug-likeness (QED) is 0.211. The molecule has 0 spiro atoms. The number of rotatable bonds is 11. The molecule has 6 heteroatoms. The van der Waals surface area contributed by atoms with Crippen molar-refractivity contribution < 1.29 is 23.8 Å². The molecule has 0 aliphatic rings. The third-order valence-electron chi connectivity index (χ3n) is 6.73. The standard InChI is InChI=1S/C35H37NO5/c1-35(2,3)29-18-16-28(17-19-29)33(37)36-30(34(38)39-4)21-27-15-20-31(40-23-25-11-7-5-8-12-25)32(22-27)41-24-26-13-9-6-10-14-26/h5-20,22,30H,21,23-24H2,1-4H3,(H,36,37)/t30-/m1/s1. The van der Waals surface area contributed by atoms with Gasteiger partial charge in [0.25, 0.3) is 5.91 Å². The lowest BCUT2D eigenvalue weighted by Gasteiger charge is -2.20. The summed E-state index contributed by atoms with van der Waals surface area (Å²) >= 11 is 0. The molecule has 0 unspecified atom stereocenters. The van der Waals surface area contributed by atoms with E-state index in [1.54, 1.807) is 12.1 Å². The zero-order chi connectivity index (χ0) is 29.2. The fourth-order valence-corrected chi connectivity index (χ4v) is 4.32. The van der Waals surface area contributed by atoms with Crippen LogP contribution in [0.5, 0.6) is 11.5 Å². The Balaban J connectivity index is 1.52. The van der Waals surface area contributed by atoms with Crippen molar-refractivity contribution in [1.82, 2.24) is 5.32 Å². The number of ether oxygens (including phenoxy) is 3. The number of benzene rings is 4. The summed E-state index contributed by atoms with van der Waals surface area (Å²) in [6, 6.07) is 31.9. The van der Waals surface area contributed by atoms with Crippen LogP contribution in [0.15, 0.2) is 103 Å². The molecule has 4 aromatic rings. The van der Waals surface area contributed by atoms with E-state index in [0.717, 1.165) is 22.3 Å². The van der Waals surface area contributed by atoms with Gasteiger partial charge in [0, 0.05) is 12.0 Å². The normalized spacial score (nSPS) is 11.8. The molecule has 1 atom stereocenters. The van der Waals surface area contributed by atoms with E-state index in [2.05, 4.69) is 26.1 Å². The summed E-state index contributed by atoms with van der Waals surface area (Å²) in [5.41, 5.74) is 4.41. The molecule has 0 bridgehead atoms. The molecule has 0 aromatic heterocycles. The van der Waals surface area contributed by atoms with E-state index < -0.39 is 12.0 Å². The topological polar surface area (TPSA) is 73.9 Å². The molecule has 0 heterocycles. The fraction of sp³-hybridized carbons (Fsp3) is 0.257. The molecule has 0 fully saturated rings. The highest BCUT2D eigenvalue weighted by molar-refractivity contribution is 5.96. The predicted octanol–water partition coefficient (Wildman–Crippen LogP) is 6.66. The molecule has 0 saturated heterocycles. The van der Waals surface area contributed by atoms with Crippen LogP contribution in [-0.2, 0) is 34.6 Å². The Bertz CT molecular complexity index is 1430. The number of carbonyl (C=O) groups excluding carboxylic acids is 2. The first-order valence-electron chi connectivity index (χ1n) is 13.7. The summed E-state index contributed by atoms with van der Waals surface area (Å²) in [7, 11) is 1.31. The first-order chi connectivity index (χ1) is 19.7. The van der Waals surface area contributed by atoms with Crippen molar-refractivity contribution >= 4 is 11.9 Å². The van der Waals surface area contributed by atoms with Gasteiger partial charge in [-0.1, -0.05) is 99.6 Å². The zero-order valence-electron chi connectivity index (χ0n) is 24.1. The molecule has 212 valence electrons. The summed E-state index contributed by atoms with van der Waals surface area (Å²) < 4.78 is 17.3. The third kappa shape index (κ3) is 8.45. The number of amides is 1. The third-order valence-corrected chi connectivity index (χ3v) is 6.73. The van der Waals surface area contributed by atoms with Crippen LogP contribution in [0.4, 0.5) is 0 Å². The monoisotopic (exact) mass is 551 g/mol. The van der Waals surface area contributed by atoms with Crippen molar-refractivity contribution in [1.29, 1.82) is 0 Å². The minimum absolute atomic E-state index is 0.0270. The van der Waals surface area contributed by atoms with Crippen LogP contribution in [0.2, 0.25) is 0 Å². The Morgan fingerprint density at radius 3 is 1.80 bits per heavy atom. The van der Waals surface area contributed by atoms with Crippen LogP contribution in [0.25, 0.3) is 0 Å². The molecule has 1 N–H and O–H groups in total. The van der Waals surface area contributed by atoms with Gasteiger partial charge in [-0.25, -0.2) is 4.79 Å². The van der Waals surface area contributed by atoms with E-state index in [1.165, 1.54) is 7.11 Å². The summed E-state index contributed by atoms with van der Waals surface area (Å²) in [5.74, 6) is 0.270. The van der Waals surface area contributed by atoms with Gasteiger partial charge in [0.2, 0.25) is 0 Å². The van der Waals surface area contributed by atoms with E-state index in [0.29, 0.717) is 30.3 Å². The molecule has 1 amide bonds. The molecule has 0 aliphatic carbocycles. The first-order valence-corrected chi connectivity index (χ1v) is 13.7. The van der Waals surface area contributed by atoms with Crippen LogP contribution in [0.1, 0.15) is 53.4 Å². The lowest BCUT2D eigenvalue weighted by Crippen LogP contribution is -2.43. The average Bonchev–Trinajstić information content (AvgIpc) is 2.99. The van der Waals surface area contributed by atoms with Gasteiger partial charge >= 0.3 is 5.97 Å². The molecule has 6 nitrogen and oxygen atoms in total. The molecule has 4 rings (SSSR count). The Morgan fingerprint density at radius 2 is 1.27 bits per heavy atom. The Morgan fingerprint density at radius 1 is 0.707 bits per heavy atom. The minimum Gasteiger partial charge on any atom is -0.485 e. The smallest absolute Gasteiger partial charge is 0.328 e. The van der Waals surface area contributed by atoms with Gasteiger partial charge in [-0.2, -0.15) is 0 Å². The lowest BCUT2D eigenvalue weighted by atomic mass is 9.86. The minimum atomic E-state index is -0.882. The van der Waals surface area contributed by atoms with Gasteiger partial charge in [0.05, 0.1) is 7.11 Å². The van der Waals surface area contributed by atoms with E-state index in [4.69, 9.17) is 14.2 Å². The molecule has 0 radical (unpaired) electrons. The molecule has 41 heavy (non-hydrogen) atoms. The number of methoxy groups -OCH3 is 1. The van der Waals surface area contributed by atoms with Gasteiger partial charge in [-0.3, -0.25) is 4.79 Å². The van der Waals surface area contributed by atoms with E-state index >= 15 is 0 Å². The van der Waals surface area contributed by atoms with Gasteiger partial charge in [0.15, 0.2) is 11.5 Å². The number of esters is 1. The maximum absolute atomic E-state index is 13.1. The second kappa shape index (κ2) is 13.7. The van der Waals surface area contributed by atoms with Crippen molar-refractivity contribution in [2.45, 2.75) is 51.9 Å². The zero-order valence-corrected chi connectivity index (χ0v) is 24.1. The highest BCUT2D eigenvalue weighted by Crippen LogP contribution is 2.31. The summed E-state index contributed by atoms with van der Waals surface area (Å²) in [4.78, 5) is 25.8. The summed E-state index contributed by atoms with van der Waals surface area (Å²) in [6.07, 6.45) is 0.221. The second-order valence-electron chi connectivity index (χ2n) is 10.9. The molecular formula is C35H37NO5. The van der Waals surface area contributed by atoms with Crippen molar-refractivity contribution in [2.75, 3.05) is 7.11 Å². The Kier molecular flexibility index (Phi) is 9.80. The number of hydrogen-bond donors (Lipinski definition) is 1. The number of nitrogens with one attached hydrogen (secondary N) is 1. The van der Waals surface area contributed by atoms with Crippen LogP contribution in [0, 0.1) is 0 Å². The highest BCUT2D eigenvalue weighted by atomic mass is 16.5. The van der Waals surface area contributed by atoms with Crippen molar-refractivity contribution in [3.63, 3.8) is 0 Å². The molecule has 4 aromatic carbocycles. The maximum atomic E-state index is 13.1. The van der Waals surface area contributed by atoms with Crippen molar-refractivity contribution in [3.8, 4) is 11.5 Å². The van der Waals surface area contributed by atoms with E-state index in [9.17, 15) is 9.59 Å². The van der Waals surface area contributed by atoms with Crippen molar-refractivity contribution in [3.05, 3.63) is 131 Å². The fourth-order valence-electron chi connectivity index (χ4n) is 4.32. The van der Waals surface area contributed by atoms with Gasteiger partial charge in [-0.15, -0.1) is 0 Å². The second-order valence-corrected chi connectivity index (χ2v) is 10.9. The molecular weight excluding hydrogens is 514 g/mol. The van der Waals surface area contributed by atoms with E-state index in [-0.39, 0.29) is 17.7 Å². The van der Waals surface area contributed by atoms with Crippen LogP contribution in [0.3, 0.4) is 0 Å². The van der Waals surface area contributed by atoms with Gasteiger partial charge < -0.3 is 19.5 Å². The average molecular weight is 552 g/mol. The molecule has 0 saturated carbocycles. The van der Waals surface area contributed by atoms with Crippen LogP contribution in [-0.4, -0.2) is 25.0 Å². The van der Waals surface area contributed by atoms with E-state index in [1.807, 2.05) is 91.0 Å². The molecule has 0 aliphatic heterocycles. The lowest BCUT2D eigenvalue weighted by molar-refractivity contribution is -0.142. The Labute approximate surface area is 242 Å².